The van der Waals surface area contributed by atoms with Crippen molar-refractivity contribution >= 4 is 12.0 Å². The molecule has 0 aromatic carbocycles. The maximum Gasteiger partial charge on any atom is 0.331 e. The molecule has 0 aliphatic heterocycles. The van der Waals surface area contributed by atoms with Crippen molar-refractivity contribution < 1.29 is 14.7 Å². The highest BCUT2D eigenvalue weighted by atomic mass is 16.4. The van der Waals surface area contributed by atoms with E-state index >= 15 is 0 Å². The molecule has 20 heavy (non-hydrogen) atoms. The first-order valence-corrected chi connectivity index (χ1v) is 6.73. The zero-order valence-corrected chi connectivity index (χ0v) is 11.7. The van der Waals surface area contributed by atoms with Gasteiger partial charge in [-0.2, -0.15) is 5.10 Å². The topological polar surface area (TPSA) is 96.2 Å². The van der Waals surface area contributed by atoms with Crippen LogP contribution >= 0.6 is 0 Å². The molecule has 110 valence electrons. The van der Waals surface area contributed by atoms with Crippen molar-refractivity contribution in [2.24, 2.45) is 18.9 Å². The van der Waals surface area contributed by atoms with Crippen molar-refractivity contribution in [3.63, 3.8) is 0 Å². The summed E-state index contributed by atoms with van der Waals surface area (Å²) in [4.78, 5) is 23.0. The molecule has 1 aromatic heterocycles. The molecular formula is C13H20N4O3. The van der Waals surface area contributed by atoms with Crippen molar-refractivity contribution in [2.75, 3.05) is 6.54 Å². The average Bonchev–Trinajstić information content (AvgIpc) is 3.16. The normalized spacial score (nSPS) is 17.3. The van der Waals surface area contributed by atoms with Crippen LogP contribution in [0.25, 0.3) is 0 Å². The van der Waals surface area contributed by atoms with Gasteiger partial charge in [-0.1, -0.05) is 6.92 Å². The number of carbonyl (C=O) groups is 2. The molecule has 1 aliphatic rings. The zero-order valence-electron chi connectivity index (χ0n) is 11.7. The van der Waals surface area contributed by atoms with Gasteiger partial charge in [-0.05, 0) is 24.7 Å². The number of amides is 2. The maximum absolute atomic E-state index is 11.8. The summed E-state index contributed by atoms with van der Waals surface area (Å²) in [6.45, 7) is 2.66. The highest BCUT2D eigenvalue weighted by Crippen LogP contribution is 2.36. The Bertz CT molecular complexity index is 496. The Hall–Kier alpha value is -2.05. The predicted octanol–water partition coefficient (Wildman–Crippen LogP) is 0.891. The van der Waals surface area contributed by atoms with E-state index < -0.39 is 18.0 Å². The number of urea groups is 1. The van der Waals surface area contributed by atoms with E-state index in [-0.39, 0.29) is 0 Å². The van der Waals surface area contributed by atoms with Crippen LogP contribution in [0.1, 0.15) is 31.4 Å². The summed E-state index contributed by atoms with van der Waals surface area (Å²) in [5.41, 5.74) is 0.449. The zero-order chi connectivity index (χ0) is 14.7. The van der Waals surface area contributed by atoms with Crippen molar-refractivity contribution in [2.45, 2.75) is 25.8 Å². The van der Waals surface area contributed by atoms with E-state index in [9.17, 15) is 14.7 Å². The summed E-state index contributed by atoms with van der Waals surface area (Å²) in [6, 6.07) is -1.55. The molecule has 0 saturated heterocycles. The van der Waals surface area contributed by atoms with Gasteiger partial charge in [0.05, 0.1) is 6.20 Å². The van der Waals surface area contributed by atoms with Gasteiger partial charge in [0.1, 0.15) is 0 Å². The van der Waals surface area contributed by atoms with Crippen LogP contribution in [0.15, 0.2) is 12.4 Å². The van der Waals surface area contributed by atoms with Gasteiger partial charge in [0.25, 0.3) is 0 Å². The van der Waals surface area contributed by atoms with Crippen LogP contribution in [-0.2, 0) is 11.8 Å². The van der Waals surface area contributed by atoms with Gasteiger partial charge in [0.2, 0.25) is 0 Å². The number of aliphatic carboxylic acids is 1. The molecule has 0 bridgehead atoms. The molecule has 7 heteroatoms. The number of hydrogen-bond donors (Lipinski definition) is 3. The number of rotatable bonds is 6. The Labute approximate surface area is 117 Å². The molecule has 2 amide bonds. The number of carboxylic acid groups (broad SMARTS) is 1. The van der Waals surface area contributed by atoms with Crippen LogP contribution < -0.4 is 10.6 Å². The first-order chi connectivity index (χ1) is 9.47. The Kier molecular flexibility index (Phi) is 4.26. The lowest BCUT2D eigenvalue weighted by molar-refractivity contribution is -0.139. The highest BCUT2D eigenvalue weighted by Gasteiger charge is 2.28. The fourth-order valence-electron chi connectivity index (χ4n) is 2.14. The van der Waals surface area contributed by atoms with Gasteiger partial charge in [-0.25, -0.2) is 9.59 Å². The molecule has 1 heterocycles. The van der Waals surface area contributed by atoms with Gasteiger partial charge in [0.15, 0.2) is 6.04 Å². The third-order valence-corrected chi connectivity index (χ3v) is 3.59. The van der Waals surface area contributed by atoms with Crippen LogP contribution in [0.3, 0.4) is 0 Å². The summed E-state index contributed by atoms with van der Waals surface area (Å²) >= 11 is 0. The Morgan fingerprint density at radius 3 is 2.75 bits per heavy atom. The molecule has 2 unspecified atom stereocenters. The van der Waals surface area contributed by atoms with Crippen LogP contribution in [0.2, 0.25) is 0 Å². The minimum absolute atomic E-state index is 0.433. The van der Waals surface area contributed by atoms with Crippen LogP contribution in [0, 0.1) is 11.8 Å². The summed E-state index contributed by atoms with van der Waals surface area (Å²) < 4.78 is 1.50. The van der Waals surface area contributed by atoms with E-state index in [0.29, 0.717) is 23.9 Å². The second kappa shape index (κ2) is 5.94. The summed E-state index contributed by atoms with van der Waals surface area (Å²) in [7, 11) is 1.69. The average molecular weight is 280 g/mol. The molecule has 2 atom stereocenters. The standard InChI is InChI=1S/C13H20N4O3/c1-8(9-3-4-9)5-14-13(20)16-11(12(18)19)10-6-15-17(2)7-10/h6-9,11H,3-5H2,1-2H3,(H,18,19)(H2,14,16,20). The van der Waals surface area contributed by atoms with Crippen LogP contribution in [0.5, 0.6) is 0 Å². The fraction of sp³-hybridized carbons (Fsp3) is 0.615. The molecular weight excluding hydrogens is 260 g/mol. The third-order valence-electron chi connectivity index (χ3n) is 3.59. The molecule has 2 rings (SSSR count). The lowest BCUT2D eigenvalue weighted by Gasteiger charge is -2.16. The van der Waals surface area contributed by atoms with Gasteiger partial charge in [-0.15, -0.1) is 0 Å². The lowest BCUT2D eigenvalue weighted by atomic mass is 10.1. The first kappa shape index (κ1) is 14.4. The van der Waals surface area contributed by atoms with Crippen molar-refractivity contribution in [3.8, 4) is 0 Å². The molecule has 7 nitrogen and oxygen atoms in total. The fourth-order valence-corrected chi connectivity index (χ4v) is 2.14. The van der Waals surface area contributed by atoms with E-state index in [1.165, 1.54) is 23.7 Å². The van der Waals surface area contributed by atoms with Gasteiger partial charge >= 0.3 is 12.0 Å². The molecule has 1 fully saturated rings. The number of hydrogen-bond acceptors (Lipinski definition) is 3. The SMILES string of the molecule is CC(CNC(=O)NC(C(=O)O)c1cnn(C)c1)C1CC1. The van der Waals surface area contributed by atoms with E-state index in [4.69, 9.17) is 0 Å². The predicted molar refractivity (Wildman–Crippen MR) is 72.0 cm³/mol. The Morgan fingerprint density at radius 2 is 2.25 bits per heavy atom. The summed E-state index contributed by atoms with van der Waals surface area (Å²) in [5, 5.41) is 18.3. The molecule has 0 spiro atoms. The summed E-state index contributed by atoms with van der Waals surface area (Å²) in [5.74, 6) is 0.0229. The van der Waals surface area contributed by atoms with Crippen molar-refractivity contribution in [3.05, 3.63) is 18.0 Å². The van der Waals surface area contributed by atoms with Crippen molar-refractivity contribution in [1.82, 2.24) is 20.4 Å². The van der Waals surface area contributed by atoms with Crippen LogP contribution in [-0.4, -0.2) is 33.4 Å². The molecule has 1 aromatic rings. The number of carbonyl (C=O) groups excluding carboxylic acids is 1. The monoisotopic (exact) mass is 280 g/mol. The highest BCUT2D eigenvalue weighted by molar-refractivity contribution is 5.83. The number of nitrogens with one attached hydrogen (secondary N) is 2. The van der Waals surface area contributed by atoms with Gasteiger partial charge in [-0.3, -0.25) is 4.68 Å². The number of aryl methyl sites for hydroxylation is 1. The number of carboxylic acids is 1. The molecule has 3 N–H and O–H groups in total. The van der Waals surface area contributed by atoms with E-state index in [1.807, 2.05) is 0 Å². The molecule has 0 radical (unpaired) electrons. The number of aromatic nitrogens is 2. The minimum atomic E-state index is -1.11. The smallest absolute Gasteiger partial charge is 0.331 e. The molecule has 1 saturated carbocycles. The maximum atomic E-state index is 11.8. The van der Waals surface area contributed by atoms with Gasteiger partial charge in [0, 0.05) is 25.4 Å². The van der Waals surface area contributed by atoms with Crippen molar-refractivity contribution in [1.29, 1.82) is 0 Å². The number of nitrogens with zero attached hydrogens (tertiary/aromatic N) is 2. The van der Waals surface area contributed by atoms with E-state index in [2.05, 4.69) is 22.7 Å². The molecule has 1 aliphatic carbocycles. The third kappa shape index (κ3) is 3.72. The summed E-state index contributed by atoms with van der Waals surface area (Å²) in [6.07, 6.45) is 5.45. The van der Waals surface area contributed by atoms with E-state index in [1.54, 1.807) is 13.2 Å². The Morgan fingerprint density at radius 1 is 1.55 bits per heavy atom. The van der Waals surface area contributed by atoms with Crippen LogP contribution in [0.4, 0.5) is 4.79 Å². The largest absolute Gasteiger partial charge is 0.479 e. The van der Waals surface area contributed by atoms with E-state index in [0.717, 1.165) is 0 Å². The lowest BCUT2D eigenvalue weighted by Crippen LogP contribution is -2.42. The quantitative estimate of drug-likeness (QED) is 0.721. The Balaban J connectivity index is 1.87. The second-order valence-electron chi connectivity index (χ2n) is 5.39. The second-order valence-corrected chi connectivity index (χ2v) is 5.39. The minimum Gasteiger partial charge on any atom is -0.479 e. The van der Waals surface area contributed by atoms with Gasteiger partial charge < -0.3 is 15.7 Å². The first-order valence-electron chi connectivity index (χ1n) is 6.73.